The highest BCUT2D eigenvalue weighted by Crippen LogP contribution is 2.24. The van der Waals surface area contributed by atoms with E-state index in [0.29, 0.717) is 5.92 Å². The van der Waals surface area contributed by atoms with Gasteiger partial charge in [-0.05, 0) is 53.5 Å². The van der Waals surface area contributed by atoms with E-state index < -0.39 is 0 Å². The maximum Gasteiger partial charge on any atom is 0.0470 e. The van der Waals surface area contributed by atoms with Crippen molar-refractivity contribution in [2.75, 3.05) is 0 Å². The van der Waals surface area contributed by atoms with Crippen molar-refractivity contribution in [3.63, 3.8) is 0 Å². The molecule has 1 aliphatic carbocycles. The normalized spacial score (nSPS) is 15.6. The van der Waals surface area contributed by atoms with Gasteiger partial charge in [-0.25, -0.2) is 0 Å². The third-order valence-corrected chi connectivity index (χ3v) is 4.40. The first-order chi connectivity index (χ1) is 9.63. The molecule has 2 N–H and O–H groups in total. The van der Waals surface area contributed by atoms with Crippen molar-refractivity contribution in [3.05, 3.63) is 58.9 Å². The molecule has 3 rings (SSSR count). The minimum Gasteiger partial charge on any atom is -0.350 e. The Hall–Kier alpha value is -1.54. The Labute approximate surface area is 121 Å². The summed E-state index contributed by atoms with van der Waals surface area (Å²) >= 11 is 0. The molecule has 0 amide bonds. The molecule has 0 fully saturated rings. The fraction of sp³-hybridized carbons (Fsp3) is 0.444. The van der Waals surface area contributed by atoms with Gasteiger partial charge < -0.3 is 10.3 Å². The lowest BCUT2D eigenvalue weighted by atomic mass is 10.00. The topological polar surface area (TPSA) is 30.9 Å². The van der Waals surface area contributed by atoms with Crippen molar-refractivity contribution in [1.29, 1.82) is 0 Å². The Balaban J connectivity index is 1.75. The van der Waals surface area contributed by atoms with Crippen molar-refractivity contribution < 1.29 is 0 Å². The first-order valence-corrected chi connectivity index (χ1v) is 7.65. The zero-order valence-corrected chi connectivity index (χ0v) is 12.5. The van der Waals surface area contributed by atoms with Crippen LogP contribution in [-0.2, 0) is 19.4 Å². The fourth-order valence-electron chi connectivity index (χ4n) is 3.07. The lowest BCUT2D eigenvalue weighted by molar-refractivity contribution is 0.513. The number of rotatable bonds is 4. The molecule has 20 heavy (non-hydrogen) atoms. The van der Waals surface area contributed by atoms with E-state index in [1.54, 1.807) is 11.1 Å². The van der Waals surface area contributed by atoms with Gasteiger partial charge in [0, 0.05) is 25.0 Å². The number of fused-ring (bicyclic) bond motifs is 1. The van der Waals surface area contributed by atoms with Gasteiger partial charge in [0.2, 0.25) is 0 Å². The monoisotopic (exact) mass is 268 g/mol. The predicted octanol–water partition coefficient (Wildman–Crippen LogP) is 3.68. The lowest BCUT2D eigenvalue weighted by Gasteiger charge is -2.13. The zero-order valence-electron chi connectivity index (χ0n) is 12.5. The molecule has 106 valence electrons. The van der Waals surface area contributed by atoms with Crippen LogP contribution >= 0.6 is 0 Å². The number of hydrogen-bond acceptors (Lipinski definition) is 1. The summed E-state index contributed by atoms with van der Waals surface area (Å²) in [6, 6.07) is 9.24. The van der Waals surface area contributed by atoms with Crippen LogP contribution < -0.4 is 5.73 Å². The maximum atomic E-state index is 6.20. The Morgan fingerprint density at radius 2 is 1.95 bits per heavy atom. The van der Waals surface area contributed by atoms with Crippen molar-refractivity contribution in [3.8, 4) is 0 Å². The smallest absolute Gasteiger partial charge is 0.0470 e. The molecule has 1 heterocycles. The molecular weight excluding hydrogens is 244 g/mol. The zero-order chi connectivity index (χ0) is 14.1. The van der Waals surface area contributed by atoms with Gasteiger partial charge >= 0.3 is 0 Å². The molecule has 1 unspecified atom stereocenters. The van der Waals surface area contributed by atoms with Gasteiger partial charge in [-0.1, -0.05) is 32.0 Å². The van der Waals surface area contributed by atoms with Crippen LogP contribution in [0, 0.1) is 5.92 Å². The Morgan fingerprint density at radius 3 is 2.75 bits per heavy atom. The van der Waals surface area contributed by atoms with Gasteiger partial charge in [-0.3, -0.25) is 0 Å². The summed E-state index contributed by atoms with van der Waals surface area (Å²) in [5.74, 6) is 0.478. The van der Waals surface area contributed by atoms with Crippen LogP contribution in [0.2, 0.25) is 0 Å². The minimum atomic E-state index is 0.135. The molecule has 0 bridgehead atoms. The van der Waals surface area contributed by atoms with Gasteiger partial charge in [0.25, 0.3) is 0 Å². The molecular formula is C18H24N2. The van der Waals surface area contributed by atoms with Crippen LogP contribution in [0.25, 0.3) is 0 Å². The number of nitrogens with zero attached hydrogens (tertiary/aromatic N) is 1. The molecule has 1 aromatic carbocycles. The second-order valence-electron chi connectivity index (χ2n) is 6.34. The summed E-state index contributed by atoms with van der Waals surface area (Å²) in [7, 11) is 0. The van der Waals surface area contributed by atoms with Gasteiger partial charge in [0.05, 0.1) is 0 Å². The summed E-state index contributed by atoms with van der Waals surface area (Å²) < 4.78 is 2.24. The van der Waals surface area contributed by atoms with Crippen LogP contribution in [0.15, 0.2) is 36.7 Å². The molecule has 0 spiro atoms. The summed E-state index contributed by atoms with van der Waals surface area (Å²) in [4.78, 5) is 0. The average Bonchev–Trinajstić information content (AvgIpc) is 3.06. The third-order valence-electron chi connectivity index (χ3n) is 4.40. The van der Waals surface area contributed by atoms with Crippen LogP contribution in [0.5, 0.6) is 0 Å². The maximum absolute atomic E-state index is 6.20. The fourth-order valence-corrected chi connectivity index (χ4v) is 3.07. The van der Waals surface area contributed by atoms with E-state index >= 15 is 0 Å². The van der Waals surface area contributed by atoms with Crippen LogP contribution in [0.4, 0.5) is 0 Å². The van der Waals surface area contributed by atoms with Crippen molar-refractivity contribution in [2.45, 2.75) is 45.7 Å². The first kappa shape index (κ1) is 13.4. The van der Waals surface area contributed by atoms with Gasteiger partial charge in [0.1, 0.15) is 0 Å². The number of aryl methyl sites for hydroxylation is 2. The highest BCUT2D eigenvalue weighted by Gasteiger charge is 2.13. The largest absolute Gasteiger partial charge is 0.350 e. The number of hydrogen-bond donors (Lipinski definition) is 1. The van der Waals surface area contributed by atoms with Crippen LogP contribution in [-0.4, -0.2) is 4.57 Å². The van der Waals surface area contributed by atoms with Crippen LogP contribution in [0.3, 0.4) is 0 Å². The van der Waals surface area contributed by atoms with Gasteiger partial charge in [-0.15, -0.1) is 0 Å². The van der Waals surface area contributed by atoms with E-state index in [2.05, 4.69) is 55.1 Å². The van der Waals surface area contributed by atoms with Gasteiger partial charge in [0.15, 0.2) is 0 Å². The van der Waals surface area contributed by atoms with E-state index in [0.717, 1.165) is 6.54 Å². The quantitative estimate of drug-likeness (QED) is 0.901. The SMILES string of the molecule is CC(C)C(N)c1ccn(Cc2ccc3c(c2)CCC3)c1. The Kier molecular flexibility index (Phi) is 3.66. The lowest BCUT2D eigenvalue weighted by Crippen LogP contribution is -2.15. The van der Waals surface area contributed by atoms with Crippen molar-refractivity contribution in [2.24, 2.45) is 11.7 Å². The Bertz CT molecular complexity index is 595. The summed E-state index contributed by atoms with van der Waals surface area (Å²) in [5.41, 5.74) is 11.9. The van der Waals surface area contributed by atoms with Crippen molar-refractivity contribution >= 4 is 0 Å². The molecule has 1 aromatic heterocycles. The second-order valence-corrected chi connectivity index (χ2v) is 6.34. The van der Waals surface area contributed by atoms with Crippen LogP contribution in [0.1, 0.15) is 48.6 Å². The van der Waals surface area contributed by atoms with E-state index in [1.807, 2.05) is 0 Å². The Morgan fingerprint density at radius 1 is 1.15 bits per heavy atom. The van der Waals surface area contributed by atoms with Gasteiger partial charge in [-0.2, -0.15) is 0 Å². The highest BCUT2D eigenvalue weighted by molar-refractivity contribution is 5.35. The number of aromatic nitrogens is 1. The molecule has 2 nitrogen and oxygen atoms in total. The van der Waals surface area contributed by atoms with E-state index in [9.17, 15) is 0 Å². The minimum absolute atomic E-state index is 0.135. The summed E-state index contributed by atoms with van der Waals surface area (Å²) in [6.45, 7) is 5.28. The molecule has 2 aromatic rings. The molecule has 1 aliphatic rings. The third kappa shape index (κ3) is 2.66. The molecule has 0 saturated heterocycles. The molecule has 0 radical (unpaired) electrons. The second kappa shape index (κ2) is 5.45. The summed E-state index contributed by atoms with van der Waals surface area (Å²) in [5, 5.41) is 0. The van der Waals surface area contributed by atoms with Crippen molar-refractivity contribution in [1.82, 2.24) is 4.57 Å². The van der Waals surface area contributed by atoms with E-state index in [1.165, 1.54) is 30.4 Å². The molecule has 1 atom stereocenters. The number of nitrogens with two attached hydrogens (primary N) is 1. The standard InChI is InChI=1S/C18H24N2/c1-13(2)18(19)17-8-9-20(12-17)11-14-6-7-15-4-3-5-16(15)10-14/h6-10,12-13,18H,3-5,11,19H2,1-2H3. The highest BCUT2D eigenvalue weighted by atomic mass is 14.9. The first-order valence-electron chi connectivity index (χ1n) is 7.65. The molecule has 2 heteroatoms. The van der Waals surface area contributed by atoms with E-state index in [-0.39, 0.29) is 6.04 Å². The predicted molar refractivity (Wildman–Crippen MR) is 83.8 cm³/mol. The number of benzene rings is 1. The van der Waals surface area contributed by atoms with E-state index in [4.69, 9.17) is 5.73 Å². The molecule has 0 aliphatic heterocycles. The average molecular weight is 268 g/mol. The molecule has 0 saturated carbocycles. The summed E-state index contributed by atoms with van der Waals surface area (Å²) in [6.07, 6.45) is 8.16.